The molecular formula is C52H95NO18. The van der Waals surface area contributed by atoms with Crippen LogP contribution in [0.3, 0.4) is 0 Å². The first kappa shape index (κ1) is 63.6. The summed E-state index contributed by atoms with van der Waals surface area (Å²) in [5.74, 6) is -0.260. The molecule has 0 spiro atoms. The molecule has 3 heterocycles. The lowest BCUT2D eigenvalue weighted by Gasteiger charge is -2.48. The van der Waals surface area contributed by atoms with Crippen LogP contribution < -0.4 is 5.32 Å². The number of ether oxygens (including phenoxy) is 6. The second kappa shape index (κ2) is 37.1. The Labute approximate surface area is 422 Å². The first-order valence-corrected chi connectivity index (χ1v) is 27.1. The van der Waals surface area contributed by atoms with Crippen molar-refractivity contribution in [1.29, 1.82) is 0 Å². The number of allylic oxidation sites excluding steroid dienone is 4. The molecule has 0 bridgehead atoms. The minimum atomic E-state index is -1.97. The van der Waals surface area contributed by atoms with Gasteiger partial charge < -0.3 is 89.9 Å². The van der Waals surface area contributed by atoms with Gasteiger partial charge in [0.15, 0.2) is 18.9 Å². The summed E-state index contributed by atoms with van der Waals surface area (Å²) in [6, 6.07) is -0.890. The Bertz CT molecular complexity index is 1410. The molecule has 19 heteroatoms. The maximum Gasteiger partial charge on any atom is 0.220 e. The number of aliphatic hydroxyl groups is 11. The minimum absolute atomic E-state index is 0.251. The van der Waals surface area contributed by atoms with Crippen molar-refractivity contribution in [3.63, 3.8) is 0 Å². The van der Waals surface area contributed by atoms with E-state index in [1.165, 1.54) is 64.2 Å². The zero-order valence-electron chi connectivity index (χ0n) is 42.7. The summed E-state index contributed by atoms with van der Waals surface area (Å²) in [7, 11) is 0. The van der Waals surface area contributed by atoms with Crippen LogP contribution in [0.15, 0.2) is 24.3 Å². The predicted molar refractivity (Wildman–Crippen MR) is 263 cm³/mol. The number of hydrogen-bond donors (Lipinski definition) is 12. The van der Waals surface area contributed by atoms with Gasteiger partial charge in [-0.15, -0.1) is 0 Å². The van der Waals surface area contributed by atoms with Crippen LogP contribution in [0.25, 0.3) is 0 Å². The summed E-state index contributed by atoms with van der Waals surface area (Å²) in [6.07, 6.45) is 7.05. The third-order valence-corrected chi connectivity index (χ3v) is 13.8. The lowest BCUT2D eigenvalue weighted by Crippen LogP contribution is -2.66. The Morgan fingerprint density at radius 3 is 1.48 bits per heavy atom. The average Bonchev–Trinajstić information content (AvgIpc) is 3.36. The summed E-state index contributed by atoms with van der Waals surface area (Å²) in [5.41, 5.74) is 0. The summed E-state index contributed by atoms with van der Waals surface area (Å²) in [5, 5.41) is 120. The van der Waals surface area contributed by atoms with E-state index in [-0.39, 0.29) is 18.9 Å². The number of carbonyl (C=O) groups excluding carboxylic acids is 1. The minimum Gasteiger partial charge on any atom is -0.394 e. The van der Waals surface area contributed by atoms with E-state index in [9.17, 15) is 61.0 Å². The van der Waals surface area contributed by atoms with E-state index in [0.29, 0.717) is 12.8 Å². The average molecular weight is 1020 g/mol. The fourth-order valence-corrected chi connectivity index (χ4v) is 9.21. The number of unbranched alkanes of at least 4 members (excludes halogenated alkanes) is 18. The largest absolute Gasteiger partial charge is 0.394 e. The Morgan fingerprint density at radius 2 is 0.944 bits per heavy atom. The number of aliphatic hydroxyl groups excluding tert-OH is 11. The summed E-state index contributed by atoms with van der Waals surface area (Å²) in [4.78, 5) is 13.2. The lowest BCUT2D eigenvalue weighted by molar-refractivity contribution is -0.379. The summed E-state index contributed by atoms with van der Waals surface area (Å²) >= 11 is 0. The number of rotatable bonds is 38. The van der Waals surface area contributed by atoms with Gasteiger partial charge in [0.25, 0.3) is 0 Å². The molecular weight excluding hydrogens is 927 g/mol. The zero-order valence-corrected chi connectivity index (χ0v) is 42.7. The van der Waals surface area contributed by atoms with Crippen molar-refractivity contribution in [3.05, 3.63) is 24.3 Å². The highest BCUT2D eigenvalue weighted by molar-refractivity contribution is 5.76. The lowest BCUT2D eigenvalue weighted by atomic mass is 9.96. The molecule has 0 aliphatic carbocycles. The van der Waals surface area contributed by atoms with Crippen LogP contribution in [0.1, 0.15) is 168 Å². The van der Waals surface area contributed by atoms with Gasteiger partial charge in [-0.25, -0.2) is 0 Å². The van der Waals surface area contributed by atoms with Crippen LogP contribution in [0.2, 0.25) is 0 Å². The van der Waals surface area contributed by atoms with Crippen LogP contribution >= 0.6 is 0 Å². The summed E-state index contributed by atoms with van der Waals surface area (Å²) < 4.78 is 34.2. The number of nitrogens with one attached hydrogen (secondary N) is 1. The van der Waals surface area contributed by atoms with Crippen LogP contribution in [0.4, 0.5) is 0 Å². The van der Waals surface area contributed by atoms with Gasteiger partial charge in [0.1, 0.15) is 73.2 Å². The molecule has 19 nitrogen and oxygen atoms in total. The first-order valence-electron chi connectivity index (χ1n) is 27.1. The quantitative estimate of drug-likeness (QED) is 0.0313. The standard InChI is InChI=1S/C52H95NO18/c1-3-5-7-9-11-13-15-17-18-20-22-24-26-28-30-40(58)53-35(36(57)29-27-25-23-21-19-16-14-12-10-8-6-4-2)34-66-50-46(64)43(61)48(38(32-55)68-50)71-52-47(65)44(62)49(39(33-56)69-52)70-51-45(63)42(60)41(59)37(31-54)67-51/h9,11,15,17,35-39,41-52,54-57,59-65H,3-8,10,12-14,16,18-34H2,1-2H3,(H,53,58)/b11-9-,17-15-. The van der Waals surface area contributed by atoms with E-state index in [1.807, 2.05) is 0 Å². The van der Waals surface area contributed by atoms with Crippen LogP contribution in [0, 0.1) is 0 Å². The Morgan fingerprint density at radius 1 is 0.507 bits per heavy atom. The smallest absolute Gasteiger partial charge is 0.220 e. The van der Waals surface area contributed by atoms with E-state index in [4.69, 9.17) is 28.4 Å². The molecule has 12 N–H and O–H groups in total. The van der Waals surface area contributed by atoms with E-state index in [0.717, 1.165) is 70.6 Å². The Hall–Kier alpha value is -1.73. The maximum atomic E-state index is 13.2. The van der Waals surface area contributed by atoms with Gasteiger partial charge in [-0.3, -0.25) is 4.79 Å². The zero-order chi connectivity index (χ0) is 52.0. The number of amides is 1. The second-order valence-corrected chi connectivity index (χ2v) is 19.7. The van der Waals surface area contributed by atoms with Crippen LogP contribution in [-0.2, 0) is 33.2 Å². The van der Waals surface area contributed by atoms with Crippen LogP contribution in [-0.4, -0.2) is 193 Å². The van der Waals surface area contributed by atoms with Gasteiger partial charge in [0, 0.05) is 6.42 Å². The van der Waals surface area contributed by atoms with Gasteiger partial charge >= 0.3 is 0 Å². The third-order valence-electron chi connectivity index (χ3n) is 13.8. The van der Waals surface area contributed by atoms with E-state index < -0.39 is 124 Å². The van der Waals surface area contributed by atoms with Gasteiger partial charge in [0.2, 0.25) is 5.91 Å². The third kappa shape index (κ3) is 22.6. The van der Waals surface area contributed by atoms with Gasteiger partial charge in [-0.05, 0) is 38.5 Å². The van der Waals surface area contributed by atoms with E-state index in [1.54, 1.807) is 0 Å². The molecule has 3 saturated heterocycles. The SMILES string of the molecule is CCCC/C=C\C/C=C\CCCCCCCC(=O)NC(COC1OC(CO)C(OC2OC(CO)C(OC3OC(CO)C(O)C(O)C3O)C(O)C2O)C(O)C1O)C(O)CCCCCCCCCCCCCC. The molecule has 71 heavy (non-hydrogen) atoms. The molecule has 0 aromatic heterocycles. The van der Waals surface area contributed by atoms with Crippen molar-refractivity contribution in [2.75, 3.05) is 26.4 Å². The molecule has 3 aliphatic heterocycles. The molecule has 0 aromatic carbocycles. The van der Waals surface area contributed by atoms with Crippen molar-refractivity contribution in [3.8, 4) is 0 Å². The van der Waals surface area contributed by atoms with E-state index >= 15 is 0 Å². The molecule has 3 aliphatic rings. The Kier molecular flexibility index (Phi) is 33.2. The fraction of sp³-hybridized carbons (Fsp3) is 0.904. The fourth-order valence-electron chi connectivity index (χ4n) is 9.21. The van der Waals surface area contributed by atoms with E-state index in [2.05, 4.69) is 43.5 Å². The number of hydrogen-bond acceptors (Lipinski definition) is 18. The maximum absolute atomic E-state index is 13.2. The predicted octanol–water partition coefficient (Wildman–Crippen LogP) is 2.81. The van der Waals surface area contributed by atoms with Crippen LogP contribution in [0.5, 0.6) is 0 Å². The number of carbonyl (C=O) groups is 1. The molecule has 17 unspecified atom stereocenters. The second-order valence-electron chi connectivity index (χ2n) is 19.7. The highest BCUT2D eigenvalue weighted by atomic mass is 16.8. The van der Waals surface area contributed by atoms with Crippen molar-refractivity contribution < 1.29 is 89.4 Å². The molecule has 3 rings (SSSR count). The van der Waals surface area contributed by atoms with Crippen molar-refractivity contribution >= 4 is 5.91 Å². The molecule has 3 fully saturated rings. The molecule has 416 valence electrons. The molecule has 0 radical (unpaired) electrons. The van der Waals surface area contributed by atoms with Gasteiger partial charge in [0.05, 0.1) is 38.6 Å². The Balaban J connectivity index is 1.54. The molecule has 17 atom stereocenters. The topological polar surface area (TPSA) is 307 Å². The summed E-state index contributed by atoms with van der Waals surface area (Å²) in [6.45, 7) is 1.70. The molecule has 0 saturated carbocycles. The normalized spacial score (nSPS) is 32.4. The van der Waals surface area contributed by atoms with Gasteiger partial charge in [-0.1, -0.05) is 147 Å². The molecule has 1 amide bonds. The van der Waals surface area contributed by atoms with Gasteiger partial charge in [-0.2, -0.15) is 0 Å². The monoisotopic (exact) mass is 1020 g/mol. The highest BCUT2D eigenvalue weighted by Crippen LogP contribution is 2.33. The van der Waals surface area contributed by atoms with Crippen molar-refractivity contribution in [2.24, 2.45) is 0 Å². The highest BCUT2D eigenvalue weighted by Gasteiger charge is 2.53. The van der Waals surface area contributed by atoms with Crippen molar-refractivity contribution in [1.82, 2.24) is 5.32 Å². The first-order chi connectivity index (χ1) is 34.3. The molecule has 0 aromatic rings. The van der Waals surface area contributed by atoms with Crippen molar-refractivity contribution in [2.45, 2.75) is 272 Å².